The van der Waals surface area contributed by atoms with Gasteiger partial charge in [0, 0.05) is 19.5 Å². The maximum absolute atomic E-state index is 3.55. The first kappa shape index (κ1) is 13.1. The molecule has 0 aliphatic heterocycles. The monoisotopic (exact) mass is 373 g/mol. The number of hydrogen-bond donors (Lipinski definition) is 1. The highest BCUT2D eigenvalue weighted by Gasteiger charge is 2.06. The number of hydrogen-bond acceptors (Lipinski definition) is 2. The lowest BCUT2D eigenvalue weighted by Gasteiger charge is -2.13. The fourth-order valence-corrected chi connectivity index (χ4v) is 3.93. The predicted octanol–water partition coefficient (Wildman–Crippen LogP) is 5.50. The van der Waals surface area contributed by atoms with Crippen molar-refractivity contribution in [3.05, 3.63) is 48.5 Å². The maximum Gasteiger partial charge on any atom is 0.0505 e. The Kier molecular flexibility index (Phi) is 4.28. The molecule has 0 spiro atoms. The molecule has 0 amide bonds. The quantitative estimate of drug-likeness (QED) is 0.747. The molecule has 2 rings (SSSR count). The van der Waals surface area contributed by atoms with Crippen molar-refractivity contribution in [2.24, 2.45) is 0 Å². The van der Waals surface area contributed by atoms with E-state index in [0.717, 1.165) is 11.0 Å². The van der Waals surface area contributed by atoms with Crippen molar-refractivity contribution in [2.75, 3.05) is 5.32 Å². The highest BCUT2D eigenvalue weighted by molar-refractivity contribution is 9.10. The molecular weight excluding hydrogens is 362 g/mol. The Balaban J connectivity index is 2.17. The molecule has 0 aliphatic carbocycles. The molecule has 0 radical (unpaired) electrons. The van der Waals surface area contributed by atoms with E-state index in [0.29, 0.717) is 0 Å². The number of anilines is 1. The third kappa shape index (κ3) is 3.12. The second-order valence-corrected chi connectivity index (χ2v) is 6.73. The Morgan fingerprint density at radius 2 is 1.82 bits per heavy atom. The van der Waals surface area contributed by atoms with E-state index in [1.54, 1.807) is 11.3 Å². The summed E-state index contributed by atoms with van der Waals surface area (Å²) >= 11 is 8.83. The van der Waals surface area contributed by atoms with Gasteiger partial charge in [0.1, 0.15) is 0 Å². The zero-order chi connectivity index (χ0) is 12.4. The van der Waals surface area contributed by atoms with Crippen molar-refractivity contribution in [1.82, 2.24) is 0 Å². The molecule has 2 aromatic rings. The molecule has 0 saturated heterocycles. The van der Waals surface area contributed by atoms with Gasteiger partial charge in [0.05, 0.1) is 6.54 Å². The average molecular weight is 375 g/mol. The van der Waals surface area contributed by atoms with E-state index in [9.17, 15) is 0 Å². The van der Waals surface area contributed by atoms with Gasteiger partial charge in [-0.15, -0.1) is 11.3 Å². The molecule has 0 bridgehead atoms. The summed E-state index contributed by atoms with van der Waals surface area (Å²) in [7, 11) is 0. The van der Waals surface area contributed by atoms with E-state index in [2.05, 4.69) is 74.6 Å². The van der Waals surface area contributed by atoms with Crippen LogP contribution >= 0.6 is 43.2 Å². The summed E-state index contributed by atoms with van der Waals surface area (Å²) in [5.74, 6) is 0. The molecule has 0 aliphatic rings. The molecule has 0 atom stereocenters. The Morgan fingerprint density at radius 1 is 1.18 bits per heavy atom. The Morgan fingerprint density at radius 3 is 2.35 bits per heavy atom. The lowest BCUT2D eigenvalue weighted by atomic mass is 10.1. The lowest BCUT2D eigenvalue weighted by Crippen LogP contribution is -2.02. The van der Waals surface area contributed by atoms with Gasteiger partial charge in [-0.3, -0.25) is 0 Å². The number of benzene rings is 1. The van der Waals surface area contributed by atoms with Crippen LogP contribution in [-0.4, -0.2) is 0 Å². The van der Waals surface area contributed by atoms with Gasteiger partial charge < -0.3 is 5.32 Å². The summed E-state index contributed by atoms with van der Waals surface area (Å²) in [5, 5.41) is 5.61. The standard InChI is InChI=1S/C13H13Br2NS/c1-8-5-10(14)6-9(2)13(8)16-7-12-11(15)3-4-17-12/h3-6,16H,7H2,1-2H3. The summed E-state index contributed by atoms with van der Waals surface area (Å²) in [6.07, 6.45) is 0. The third-order valence-corrected chi connectivity index (χ3v) is 5.00. The fraction of sp³-hybridized carbons (Fsp3) is 0.231. The van der Waals surface area contributed by atoms with Gasteiger partial charge in [-0.2, -0.15) is 0 Å². The highest BCUT2D eigenvalue weighted by Crippen LogP contribution is 2.28. The van der Waals surface area contributed by atoms with Gasteiger partial charge in [-0.25, -0.2) is 0 Å². The van der Waals surface area contributed by atoms with Gasteiger partial charge in [-0.1, -0.05) is 15.9 Å². The Bertz CT molecular complexity index is 511. The second kappa shape index (κ2) is 5.55. The summed E-state index contributed by atoms with van der Waals surface area (Å²) in [6, 6.07) is 6.36. The molecule has 1 heterocycles. The molecule has 17 heavy (non-hydrogen) atoms. The summed E-state index contributed by atoms with van der Waals surface area (Å²) in [5.41, 5.74) is 3.77. The Labute approximate surface area is 123 Å². The number of rotatable bonds is 3. The van der Waals surface area contributed by atoms with Gasteiger partial charge in [0.25, 0.3) is 0 Å². The minimum absolute atomic E-state index is 0.863. The van der Waals surface area contributed by atoms with Crippen molar-refractivity contribution < 1.29 is 0 Å². The minimum atomic E-state index is 0.863. The van der Waals surface area contributed by atoms with Crippen LogP contribution in [0, 0.1) is 13.8 Å². The van der Waals surface area contributed by atoms with Crippen LogP contribution < -0.4 is 5.32 Å². The van der Waals surface area contributed by atoms with Gasteiger partial charge in [-0.05, 0) is 64.5 Å². The molecule has 4 heteroatoms. The van der Waals surface area contributed by atoms with Crippen molar-refractivity contribution >= 4 is 48.9 Å². The van der Waals surface area contributed by atoms with Crippen LogP contribution in [0.15, 0.2) is 32.5 Å². The van der Waals surface area contributed by atoms with E-state index < -0.39 is 0 Å². The van der Waals surface area contributed by atoms with Crippen molar-refractivity contribution in [3.8, 4) is 0 Å². The summed E-state index contributed by atoms with van der Waals surface area (Å²) in [6.45, 7) is 5.12. The average Bonchev–Trinajstić information content (AvgIpc) is 2.62. The van der Waals surface area contributed by atoms with Crippen LogP contribution in [0.5, 0.6) is 0 Å². The van der Waals surface area contributed by atoms with Crippen LogP contribution in [0.1, 0.15) is 16.0 Å². The molecule has 1 aromatic carbocycles. The van der Waals surface area contributed by atoms with Gasteiger partial charge in [0.2, 0.25) is 0 Å². The number of aryl methyl sites for hydroxylation is 2. The molecular formula is C13H13Br2NS. The van der Waals surface area contributed by atoms with E-state index in [1.165, 1.54) is 26.2 Å². The van der Waals surface area contributed by atoms with Gasteiger partial charge in [0.15, 0.2) is 0 Å². The third-order valence-electron chi connectivity index (χ3n) is 2.61. The minimum Gasteiger partial charge on any atom is -0.380 e. The Hall–Kier alpha value is -0.320. The molecule has 90 valence electrons. The first-order chi connectivity index (χ1) is 8.08. The normalized spacial score (nSPS) is 10.6. The first-order valence-corrected chi connectivity index (χ1v) is 7.77. The van der Waals surface area contributed by atoms with Crippen molar-refractivity contribution in [2.45, 2.75) is 20.4 Å². The lowest BCUT2D eigenvalue weighted by molar-refractivity contribution is 1.15. The molecule has 1 N–H and O–H groups in total. The van der Waals surface area contributed by atoms with E-state index in [-0.39, 0.29) is 0 Å². The fourth-order valence-electron chi connectivity index (χ4n) is 1.81. The molecule has 0 saturated carbocycles. The highest BCUT2D eigenvalue weighted by atomic mass is 79.9. The summed E-state index contributed by atoms with van der Waals surface area (Å²) in [4.78, 5) is 1.33. The van der Waals surface area contributed by atoms with Gasteiger partial charge >= 0.3 is 0 Å². The SMILES string of the molecule is Cc1cc(Br)cc(C)c1NCc1sccc1Br. The molecule has 0 fully saturated rings. The van der Waals surface area contributed by atoms with Crippen molar-refractivity contribution in [1.29, 1.82) is 0 Å². The smallest absolute Gasteiger partial charge is 0.0505 e. The van der Waals surface area contributed by atoms with E-state index in [4.69, 9.17) is 0 Å². The van der Waals surface area contributed by atoms with Crippen LogP contribution in [0.25, 0.3) is 0 Å². The maximum atomic E-state index is 3.55. The largest absolute Gasteiger partial charge is 0.380 e. The van der Waals surface area contributed by atoms with Crippen LogP contribution in [0.4, 0.5) is 5.69 Å². The molecule has 1 aromatic heterocycles. The second-order valence-electron chi connectivity index (χ2n) is 3.96. The van der Waals surface area contributed by atoms with Crippen LogP contribution in [0.2, 0.25) is 0 Å². The topological polar surface area (TPSA) is 12.0 Å². The zero-order valence-electron chi connectivity index (χ0n) is 9.68. The molecule has 1 nitrogen and oxygen atoms in total. The first-order valence-electron chi connectivity index (χ1n) is 5.30. The predicted molar refractivity (Wildman–Crippen MR) is 83.0 cm³/mol. The number of thiophene rings is 1. The summed E-state index contributed by atoms with van der Waals surface area (Å²) < 4.78 is 2.32. The van der Waals surface area contributed by atoms with E-state index >= 15 is 0 Å². The van der Waals surface area contributed by atoms with Crippen LogP contribution in [-0.2, 0) is 6.54 Å². The number of nitrogens with one attached hydrogen (secondary N) is 1. The molecule has 0 unspecified atom stereocenters. The van der Waals surface area contributed by atoms with Crippen molar-refractivity contribution in [3.63, 3.8) is 0 Å². The number of halogens is 2. The van der Waals surface area contributed by atoms with E-state index in [1.807, 2.05) is 0 Å². The van der Waals surface area contributed by atoms with Crippen LogP contribution in [0.3, 0.4) is 0 Å². The zero-order valence-corrected chi connectivity index (χ0v) is 13.7.